The van der Waals surface area contributed by atoms with Gasteiger partial charge >= 0.3 is 0 Å². The molecule has 0 radical (unpaired) electrons. The number of rotatable bonds is 6. The van der Waals surface area contributed by atoms with Gasteiger partial charge in [-0.05, 0) is 31.5 Å². The first kappa shape index (κ1) is 19.0. The number of thioether (sulfide) groups is 1. The third-order valence-electron chi connectivity index (χ3n) is 4.39. The molecule has 0 fully saturated rings. The summed E-state index contributed by atoms with van der Waals surface area (Å²) in [4.78, 5) is 24.5. The van der Waals surface area contributed by atoms with Gasteiger partial charge in [-0.15, -0.1) is 10.2 Å². The third kappa shape index (κ3) is 3.95. The van der Waals surface area contributed by atoms with Gasteiger partial charge in [0.1, 0.15) is 6.33 Å². The van der Waals surface area contributed by atoms with Crippen LogP contribution in [0.3, 0.4) is 0 Å². The van der Waals surface area contributed by atoms with E-state index in [0.717, 1.165) is 11.3 Å². The van der Waals surface area contributed by atoms with Gasteiger partial charge in [0.15, 0.2) is 22.4 Å². The van der Waals surface area contributed by atoms with Crippen LogP contribution in [0, 0.1) is 6.92 Å². The van der Waals surface area contributed by atoms with Crippen LogP contribution in [0.15, 0.2) is 47.9 Å². The number of ketones is 1. The predicted molar refractivity (Wildman–Crippen MR) is 108 cm³/mol. The molecule has 2 heterocycles. The van der Waals surface area contributed by atoms with Crippen molar-refractivity contribution >= 4 is 29.1 Å². The molecule has 1 aromatic heterocycles. The van der Waals surface area contributed by atoms with E-state index in [0.29, 0.717) is 27.9 Å². The van der Waals surface area contributed by atoms with E-state index in [9.17, 15) is 9.59 Å². The largest absolute Gasteiger partial charge is 0.454 e. The fourth-order valence-corrected chi connectivity index (χ4v) is 3.70. The van der Waals surface area contributed by atoms with E-state index in [-0.39, 0.29) is 24.2 Å². The van der Waals surface area contributed by atoms with Gasteiger partial charge in [0.25, 0.3) is 0 Å². The van der Waals surface area contributed by atoms with Crippen molar-refractivity contribution in [1.82, 2.24) is 14.8 Å². The Labute approximate surface area is 171 Å². The molecule has 0 saturated carbocycles. The minimum absolute atomic E-state index is 0.0918. The van der Waals surface area contributed by atoms with Crippen molar-refractivity contribution in [1.29, 1.82) is 0 Å². The zero-order valence-corrected chi connectivity index (χ0v) is 16.7. The van der Waals surface area contributed by atoms with Crippen LogP contribution in [-0.2, 0) is 4.79 Å². The van der Waals surface area contributed by atoms with Crippen molar-refractivity contribution in [2.24, 2.45) is 0 Å². The number of para-hydroxylation sites is 1. The zero-order chi connectivity index (χ0) is 20.4. The van der Waals surface area contributed by atoms with E-state index in [1.165, 1.54) is 18.7 Å². The molecule has 0 aliphatic carbocycles. The summed E-state index contributed by atoms with van der Waals surface area (Å²) in [6, 6.07) is 11.1. The van der Waals surface area contributed by atoms with Crippen LogP contribution in [-0.4, -0.2) is 39.0 Å². The van der Waals surface area contributed by atoms with Crippen LogP contribution >= 0.6 is 11.8 Å². The molecule has 4 rings (SSSR count). The number of amides is 1. The molecule has 0 bridgehead atoms. The standard InChI is InChI=1S/C20H18N4O4S/c1-12-5-3-4-6-16(12)24-10-21-23-20(24)29-9-19(26)22-15-8-18-17(27-11-28-18)7-14(15)13(2)25/h3-8,10H,9,11H2,1-2H3,(H,22,26). The number of benzene rings is 2. The van der Waals surface area contributed by atoms with E-state index < -0.39 is 0 Å². The maximum atomic E-state index is 12.5. The van der Waals surface area contributed by atoms with E-state index in [1.807, 2.05) is 35.8 Å². The molecule has 3 aromatic rings. The van der Waals surface area contributed by atoms with Crippen molar-refractivity contribution < 1.29 is 19.1 Å². The van der Waals surface area contributed by atoms with Gasteiger partial charge in [0.2, 0.25) is 12.7 Å². The van der Waals surface area contributed by atoms with E-state index in [4.69, 9.17) is 9.47 Å². The van der Waals surface area contributed by atoms with Gasteiger partial charge < -0.3 is 14.8 Å². The topological polar surface area (TPSA) is 95.3 Å². The van der Waals surface area contributed by atoms with Crippen molar-refractivity contribution in [3.8, 4) is 17.2 Å². The van der Waals surface area contributed by atoms with Crippen molar-refractivity contribution in [2.75, 3.05) is 17.9 Å². The highest BCUT2D eigenvalue weighted by molar-refractivity contribution is 7.99. The fourth-order valence-electron chi connectivity index (χ4n) is 2.97. The minimum atomic E-state index is -0.268. The number of aromatic nitrogens is 3. The highest BCUT2D eigenvalue weighted by Gasteiger charge is 2.21. The normalized spacial score (nSPS) is 12.1. The van der Waals surface area contributed by atoms with Crippen LogP contribution in [0.5, 0.6) is 11.5 Å². The summed E-state index contributed by atoms with van der Waals surface area (Å²) < 4.78 is 12.5. The quantitative estimate of drug-likeness (QED) is 0.492. The second-order valence-corrected chi connectivity index (χ2v) is 7.36. The molecule has 1 aliphatic rings. The number of carbonyl (C=O) groups is 2. The molecule has 1 amide bonds. The van der Waals surface area contributed by atoms with Gasteiger partial charge in [0, 0.05) is 11.6 Å². The number of nitrogens with one attached hydrogen (secondary N) is 1. The fraction of sp³-hybridized carbons (Fsp3) is 0.200. The summed E-state index contributed by atoms with van der Waals surface area (Å²) in [6.45, 7) is 3.53. The number of Topliss-reactive ketones (excluding diaryl/α,β-unsaturated/α-hetero) is 1. The highest BCUT2D eigenvalue weighted by atomic mass is 32.2. The molecule has 8 nitrogen and oxygen atoms in total. The average molecular weight is 410 g/mol. The number of hydrogen-bond acceptors (Lipinski definition) is 7. The van der Waals surface area contributed by atoms with Crippen molar-refractivity contribution in [2.45, 2.75) is 19.0 Å². The molecule has 1 N–H and O–H groups in total. The lowest BCUT2D eigenvalue weighted by molar-refractivity contribution is -0.113. The number of carbonyl (C=O) groups excluding carboxylic acids is 2. The summed E-state index contributed by atoms with van der Waals surface area (Å²) in [5, 5.41) is 11.5. The molecular formula is C20H18N4O4S. The first-order chi connectivity index (χ1) is 14.0. The Bertz CT molecular complexity index is 1100. The molecule has 29 heavy (non-hydrogen) atoms. The molecule has 0 spiro atoms. The summed E-state index contributed by atoms with van der Waals surface area (Å²) >= 11 is 1.26. The van der Waals surface area contributed by atoms with Crippen LogP contribution in [0.25, 0.3) is 5.69 Å². The smallest absolute Gasteiger partial charge is 0.234 e. The Hall–Kier alpha value is -3.33. The monoisotopic (exact) mass is 410 g/mol. The van der Waals surface area contributed by atoms with E-state index in [1.54, 1.807) is 18.5 Å². The molecule has 1 aliphatic heterocycles. The van der Waals surface area contributed by atoms with Gasteiger partial charge in [-0.1, -0.05) is 30.0 Å². The second-order valence-electron chi connectivity index (χ2n) is 6.41. The van der Waals surface area contributed by atoms with E-state index >= 15 is 0 Å². The maximum absolute atomic E-state index is 12.5. The average Bonchev–Trinajstić information content (AvgIpc) is 3.34. The molecule has 2 aromatic carbocycles. The van der Waals surface area contributed by atoms with Gasteiger partial charge in [-0.25, -0.2) is 0 Å². The summed E-state index contributed by atoms with van der Waals surface area (Å²) in [7, 11) is 0. The molecule has 148 valence electrons. The van der Waals surface area contributed by atoms with Crippen LogP contribution in [0.1, 0.15) is 22.8 Å². The van der Waals surface area contributed by atoms with E-state index in [2.05, 4.69) is 15.5 Å². The van der Waals surface area contributed by atoms with Crippen LogP contribution in [0.2, 0.25) is 0 Å². The molecule has 0 unspecified atom stereocenters. The number of anilines is 1. The molecule has 0 atom stereocenters. The van der Waals surface area contributed by atoms with Gasteiger partial charge in [-0.2, -0.15) is 0 Å². The number of hydrogen-bond donors (Lipinski definition) is 1. The summed E-state index contributed by atoms with van der Waals surface area (Å²) in [6.07, 6.45) is 1.62. The Morgan fingerprint density at radius 1 is 1.21 bits per heavy atom. The number of ether oxygens (including phenoxy) is 2. The number of nitrogens with zero attached hydrogens (tertiary/aromatic N) is 3. The van der Waals surface area contributed by atoms with Crippen molar-refractivity contribution in [3.05, 3.63) is 53.9 Å². The maximum Gasteiger partial charge on any atom is 0.234 e. The Kier molecular flexibility index (Phi) is 5.22. The number of fused-ring (bicyclic) bond motifs is 1. The SMILES string of the molecule is CC(=O)c1cc2c(cc1NC(=O)CSc1nncn1-c1ccccc1C)OCO2. The van der Waals surface area contributed by atoms with Gasteiger partial charge in [0.05, 0.1) is 17.1 Å². The Balaban J connectivity index is 1.48. The Morgan fingerprint density at radius 3 is 2.72 bits per heavy atom. The lowest BCUT2D eigenvalue weighted by Crippen LogP contribution is -2.16. The first-order valence-corrected chi connectivity index (χ1v) is 9.85. The molecule has 0 saturated heterocycles. The van der Waals surface area contributed by atoms with Crippen LogP contribution in [0.4, 0.5) is 5.69 Å². The summed E-state index contributed by atoms with van der Waals surface area (Å²) in [5.41, 5.74) is 2.79. The van der Waals surface area contributed by atoms with Gasteiger partial charge in [-0.3, -0.25) is 14.2 Å². The second kappa shape index (κ2) is 7.96. The van der Waals surface area contributed by atoms with Crippen LogP contribution < -0.4 is 14.8 Å². The highest BCUT2D eigenvalue weighted by Crippen LogP contribution is 2.37. The lowest BCUT2D eigenvalue weighted by Gasteiger charge is -2.11. The molecule has 9 heteroatoms. The lowest BCUT2D eigenvalue weighted by atomic mass is 10.1. The Morgan fingerprint density at radius 2 is 1.97 bits per heavy atom. The summed E-state index contributed by atoms with van der Waals surface area (Å²) in [5.74, 6) is 0.656. The van der Waals surface area contributed by atoms with Crippen molar-refractivity contribution in [3.63, 3.8) is 0 Å². The first-order valence-electron chi connectivity index (χ1n) is 8.86. The minimum Gasteiger partial charge on any atom is -0.454 e. The molecular weight excluding hydrogens is 392 g/mol. The number of aryl methyl sites for hydroxylation is 1. The zero-order valence-electron chi connectivity index (χ0n) is 15.8. The predicted octanol–water partition coefficient (Wildman–Crippen LogP) is 3.24. The third-order valence-corrected chi connectivity index (χ3v) is 5.33.